The Kier molecular flexibility index (Phi) is 3.66. The highest BCUT2D eigenvalue weighted by Gasteiger charge is 2.19. The molecule has 6 nitrogen and oxygen atoms in total. The van der Waals surface area contributed by atoms with Gasteiger partial charge in [-0.15, -0.1) is 0 Å². The van der Waals surface area contributed by atoms with E-state index in [-0.39, 0.29) is 0 Å². The highest BCUT2D eigenvalue weighted by Crippen LogP contribution is 2.26. The molecule has 0 spiro atoms. The summed E-state index contributed by atoms with van der Waals surface area (Å²) < 4.78 is 6.99. The molecule has 0 atom stereocenters. The number of anilines is 1. The van der Waals surface area contributed by atoms with E-state index in [2.05, 4.69) is 29.1 Å². The molecule has 2 heterocycles. The maximum absolute atomic E-state index is 6.17. The third-order valence-electron chi connectivity index (χ3n) is 3.43. The summed E-state index contributed by atoms with van der Waals surface area (Å²) in [5.74, 6) is 2.14. The molecule has 6 heteroatoms. The smallest absolute Gasteiger partial charge is 0.227 e. The van der Waals surface area contributed by atoms with Gasteiger partial charge < -0.3 is 10.3 Å². The second kappa shape index (κ2) is 5.63. The highest BCUT2D eigenvalue weighted by atomic mass is 16.5. The molecule has 0 bridgehead atoms. The molecular weight excluding hydrogens is 278 g/mol. The Morgan fingerprint density at radius 3 is 2.64 bits per heavy atom. The lowest BCUT2D eigenvalue weighted by atomic mass is 10.1. The molecule has 0 saturated carbocycles. The number of nitrogens with zero attached hydrogens (tertiary/aromatic N) is 4. The van der Waals surface area contributed by atoms with Crippen LogP contribution in [-0.4, -0.2) is 19.9 Å². The lowest BCUT2D eigenvalue weighted by molar-refractivity contribution is 0.363. The zero-order chi connectivity index (χ0) is 15.7. The molecule has 1 aromatic carbocycles. The Bertz CT molecular complexity index is 773. The van der Waals surface area contributed by atoms with Crippen molar-refractivity contribution in [1.29, 1.82) is 0 Å². The van der Waals surface area contributed by atoms with Gasteiger partial charge in [-0.2, -0.15) is 10.1 Å². The molecule has 22 heavy (non-hydrogen) atoms. The number of aromatic nitrogens is 4. The Hall–Kier alpha value is -2.63. The maximum atomic E-state index is 6.17. The van der Waals surface area contributed by atoms with Gasteiger partial charge in [0.15, 0.2) is 0 Å². The minimum atomic E-state index is 0.460. The standard InChI is InChI=1S/C16H19N5O/c1-10(2)9-13-18-16(20-22-13)14-11(3)15(17)21(19-14)12-7-5-4-6-8-12/h4-8,10H,9,17H2,1-3H3. The molecule has 0 saturated heterocycles. The lowest BCUT2D eigenvalue weighted by Gasteiger charge is -2.02. The van der Waals surface area contributed by atoms with Crippen LogP contribution in [0.25, 0.3) is 17.2 Å². The Morgan fingerprint density at radius 1 is 1.23 bits per heavy atom. The van der Waals surface area contributed by atoms with Crippen molar-refractivity contribution in [2.24, 2.45) is 5.92 Å². The van der Waals surface area contributed by atoms with E-state index in [4.69, 9.17) is 10.3 Å². The molecular formula is C16H19N5O. The van der Waals surface area contributed by atoms with Crippen LogP contribution >= 0.6 is 0 Å². The van der Waals surface area contributed by atoms with Crippen molar-refractivity contribution < 1.29 is 4.52 Å². The molecule has 0 fully saturated rings. The van der Waals surface area contributed by atoms with Crippen LogP contribution in [0.5, 0.6) is 0 Å². The second-order valence-electron chi connectivity index (χ2n) is 5.72. The van der Waals surface area contributed by atoms with Crippen molar-refractivity contribution in [2.75, 3.05) is 5.73 Å². The van der Waals surface area contributed by atoms with E-state index in [9.17, 15) is 0 Å². The molecule has 0 radical (unpaired) electrons. The van der Waals surface area contributed by atoms with Crippen molar-refractivity contribution >= 4 is 5.82 Å². The molecule has 3 rings (SSSR count). The molecule has 0 aliphatic rings. The van der Waals surface area contributed by atoms with Crippen molar-refractivity contribution in [3.63, 3.8) is 0 Å². The first-order valence-electron chi connectivity index (χ1n) is 7.29. The normalized spacial score (nSPS) is 11.3. The molecule has 0 aliphatic heterocycles. The van der Waals surface area contributed by atoms with E-state index in [1.165, 1.54) is 0 Å². The largest absolute Gasteiger partial charge is 0.383 e. The van der Waals surface area contributed by atoms with Crippen LogP contribution in [0.2, 0.25) is 0 Å². The van der Waals surface area contributed by atoms with Crippen LogP contribution < -0.4 is 5.73 Å². The molecule has 0 aliphatic carbocycles. The summed E-state index contributed by atoms with van der Waals surface area (Å²) in [7, 11) is 0. The molecule has 2 aromatic heterocycles. The lowest BCUT2D eigenvalue weighted by Crippen LogP contribution is -2.01. The fraction of sp³-hybridized carbons (Fsp3) is 0.312. The first-order valence-corrected chi connectivity index (χ1v) is 7.29. The number of para-hydroxylation sites is 1. The number of hydrogen-bond acceptors (Lipinski definition) is 5. The van der Waals surface area contributed by atoms with Crippen molar-refractivity contribution in [2.45, 2.75) is 27.2 Å². The van der Waals surface area contributed by atoms with Crippen LogP contribution in [0.15, 0.2) is 34.9 Å². The van der Waals surface area contributed by atoms with Gasteiger partial charge in [0.05, 0.1) is 5.69 Å². The molecule has 0 amide bonds. The summed E-state index contributed by atoms with van der Waals surface area (Å²) in [6, 6.07) is 9.75. The fourth-order valence-corrected chi connectivity index (χ4v) is 2.27. The van der Waals surface area contributed by atoms with Gasteiger partial charge in [-0.05, 0) is 25.0 Å². The number of nitrogens with two attached hydrogens (primary N) is 1. The van der Waals surface area contributed by atoms with Gasteiger partial charge in [-0.25, -0.2) is 4.68 Å². The van der Waals surface area contributed by atoms with Gasteiger partial charge in [0.1, 0.15) is 11.5 Å². The predicted octanol–water partition coefficient (Wildman–Crippen LogP) is 3.01. The summed E-state index contributed by atoms with van der Waals surface area (Å²) in [6.07, 6.45) is 0.751. The molecule has 114 valence electrons. The van der Waals surface area contributed by atoms with Crippen LogP contribution in [0.1, 0.15) is 25.3 Å². The Morgan fingerprint density at radius 2 is 1.95 bits per heavy atom. The summed E-state index contributed by atoms with van der Waals surface area (Å²) in [5, 5.41) is 8.58. The van der Waals surface area contributed by atoms with Crippen molar-refractivity contribution in [1.82, 2.24) is 19.9 Å². The third-order valence-corrected chi connectivity index (χ3v) is 3.43. The van der Waals surface area contributed by atoms with Crippen LogP contribution in [0.4, 0.5) is 5.82 Å². The van der Waals surface area contributed by atoms with Crippen LogP contribution in [0.3, 0.4) is 0 Å². The maximum Gasteiger partial charge on any atom is 0.227 e. The van der Waals surface area contributed by atoms with E-state index in [0.29, 0.717) is 29.1 Å². The molecule has 3 aromatic rings. The first kappa shape index (κ1) is 14.3. The van der Waals surface area contributed by atoms with Crippen LogP contribution in [0, 0.1) is 12.8 Å². The quantitative estimate of drug-likeness (QED) is 0.800. The third kappa shape index (κ3) is 2.59. The van der Waals surface area contributed by atoms with E-state index in [0.717, 1.165) is 17.7 Å². The highest BCUT2D eigenvalue weighted by molar-refractivity contribution is 5.63. The van der Waals surface area contributed by atoms with E-state index in [1.54, 1.807) is 4.68 Å². The van der Waals surface area contributed by atoms with Crippen LogP contribution in [-0.2, 0) is 6.42 Å². The second-order valence-corrected chi connectivity index (χ2v) is 5.72. The SMILES string of the molecule is Cc1c(-c2noc(CC(C)C)n2)nn(-c2ccccc2)c1N. The predicted molar refractivity (Wildman–Crippen MR) is 84.5 cm³/mol. The zero-order valence-corrected chi connectivity index (χ0v) is 12.9. The summed E-state index contributed by atoms with van der Waals surface area (Å²) in [6.45, 7) is 6.13. The number of nitrogen functional groups attached to an aromatic ring is 1. The van der Waals surface area contributed by atoms with E-state index in [1.807, 2.05) is 37.3 Å². The molecule has 2 N–H and O–H groups in total. The van der Waals surface area contributed by atoms with Gasteiger partial charge in [0.25, 0.3) is 0 Å². The van der Waals surface area contributed by atoms with Gasteiger partial charge in [0.2, 0.25) is 11.7 Å². The minimum absolute atomic E-state index is 0.460. The number of benzene rings is 1. The minimum Gasteiger partial charge on any atom is -0.383 e. The number of hydrogen-bond donors (Lipinski definition) is 1. The van der Waals surface area contributed by atoms with Crippen molar-refractivity contribution in [3.05, 3.63) is 41.8 Å². The topological polar surface area (TPSA) is 82.8 Å². The van der Waals surface area contributed by atoms with Gasteiger partial charge in [-0.3, -0.25) is 0 Å². The first-order chi connectivity index (χ1) is 10.6. The van der Waals surface area contributed by atoms with E-state index >= 15 is 0 Å². The summed E-state index contributed by atoms with van der Waals surface area (Å²) in [5.41, 5.74) is 8.58. The Labute approximate surface area is 129 Å². The molecule has 0 unspecified atom stereocenters. The van der Waals surface area contributed by atoms with Gasteiger partial charge in [0, 0.05) is 12.0 Å². The zero-order valence-electron chi connectivity index (χ0n) is 12.9. The van der Waals surface area contributed by atoms with Gasteiger partial charge in [-0.1, -0.05) is 37.2 Å². The van der Waals surface area contributed by atoms with Crippen molar-refractivity contribution in [3.8, 4) is 17.2 Å². The summed E-state index contributed by atoms with van der Waals surface area (Å²) >= 11 is 0. The average molecular weight is 297 g/mol. The average Bonchev–Trinajstić information content (AvgIpc) is 3.06. The fourth-order valence-electron chi connectivity index (χ4n) is 2.27. The Balaban J connectivity index is 2.00. The van der Waals surface area contributed by atoms with E-state index < -0.39 is 0 Å². The summed E-state index contributed by atoms with van der Waals surface area (Å²) in [4.78, 5) is 4.42. The number of rotatable bonds is 4. The van der Waals surface area contributed by atoms with Gasteiger partial charge >= 0.3 is 0 Å². The monoisotopic (exact) mass is 297 g/mol.